The van der Waals surface area contributed by atoms with Crippen LogP contribution in [0.4, 0.5) is 0 Å². The largest absolute Gasteiger partial charge is 0.280 e. The van der Waals surface area contributed by atoms with Crippen LogP contribution in [0.3, 0.4) is 0 Å². The summed E-state index contributed by atoms with van der Waals surface area (Å²) in [4.78, 5) is 19.2. The highest BCUT2D eigenvalue weighted by Gasteiger charge is 2.27. The molecule has 0 fully saturated rings. The molecule has 3 heterocycles. The van der Waals surface area contributed by atoms with Crippen LogP contribution in [0.1, 0.15) is 53.2 Å². The minimum Gasteiger partial charge on any atom is -0.280 e. The van der Waals surface area contributed by atoms with Gasteiger partial charge in [-0.1, -0.05) is 65.8 Å². The van der Waals surface area contributed by atoms with Crippen molar-refractivity contribution in [2.75, 3.05) is 0 Å². The van der Waals surface area contributed by atoms with Crippen LogP contribution < -0.4 is 0 Å². The summed E-state index contributed by atoms with van der Waals surface area (Å²) in [6.07, 6.45) is 1.63. The molecule has 0 radical (unpaired) electrons. The molecule has 0 unspecified atom stereocenters. The first-order valence-corrected chi connectivity index (χ1v) is 10.9. The average Bonchev–Trinajstić information content (AvgIpc) is 3.33. The van der Waals surface area contributed by atoms with Crippen molar-refractivity contribution in [3.63, 3.8) is 0 Å². The molecule has 0 aliphatic carbocycles. The summed E-state index contributed by atoms with van der Waals surface area (Å²) in [5.74, 6) is 3.53. The standard InChI is InChI=1S/C26H28N6/c1-25(2,3)23-29-17-11-7-9-13-19(17)31(23)21-15-22(28-16-27-21)32-20-14-10-8-12-18(20)30-24(32)26(4,5)6/h7-16H,1-6H3. The summed E-state index contributed by atoms with van der Waals surface area (Å²) in [6.45, 7) is 13.0. The van der Waals surface area contributed by atoms with Crippen molar-refractivity contribution in [3.8, 4) is 11.6 Å². The van der Waals surface area contributed by atoms with Gasteiger partial charge in [-0.05, 0) is 24.3 Å². The average molecular weight is 425 g/mol. The molecule has 6 heteroatoms. The van der Waals surface area contributed by atoms with Crippen LogP contribution in [0.2, 0.25) is 0 Å². The smallest absolute Gasteiger partial charge is 0.144 e. The second-order valence-electron chi connectivity index (χ2n) is 10.3. The quantitative estimate of drug-likeness (QED) is 0.362. The van der Waals surface area contributed by atoms with Crippen molar-refractivity contribution in [1.29, 1.82) is 0 Å². The maximum Gasteiger partial charge on any atom is 0.144 e. The normalized spacial score (nSPS) is 12.7. The molecule has 0 amide bonds. The molecular weight excluding hydrogens is 396 g/mol. The highest BCUT2D eigenvalue weighted by atomic mass is 15.2. The monoisotopic (exact) mass is 424 g/mol. The van der Waals surface area contributed by atoms with Crippen LogP contribution in [0.15, 0.2) is 60.9 Å². The van der Waals surface area contributed by atoms with Crippen molar-refractivity contribution in [1.82, 2.24) is 29.1 Å². The summed E-state index contributed by atoms with van der Waals surface area (Å²) < 4.78 is 4.30. The van der Waals surface area contributed by atoms with E-state index in [9.17, 15) is 0 Å². The van der Waals surface area contributed by atoms with Crippen molar-refractivity contribution in [2.45, 2.75) is 52.4 Å². The van der Waals surface area contributed by atoms with Crippen molar-refractivity contribution in [2.24, 2.45) is 0 Å². The molecular formula is C26H28N6. The van der Waals surface area contributed by atoms with E-state index in [-0.39, 0.29) is 10.8 Å². The van der Waals surface area contributed by atoms with E-state index in [1.807, 2.05) is 42.5 Å². The maximum absolute atomic E-state index is 4.94. The summed E-state index contributed by atoms with van der Waals surface area (Å²) >= 11 is 0. The van der Waals surface area contributed by atoms with Gasteiger partial charge in [0.1, 0.15) is 29.6 Å². The number of hydrogen-bond donors (Lipinski definition) is 0. The van der Waals surface area contributed by atoms with Crippen LogP contribution >= 0.6 is 0 Å². The highest BCUT2D eigenvalue weighted by molar-refractivity contribution is 5.79. The second kappa shape index (κ2) is 6.99. The minimum absolute atomic E-state index is 0.150. The Hall–Kier alpha value is -3.54. The fraction of sp³-hybridized carbons (Fsp3) is 0.308. The van der Waals surface area contributed by atoms with Gasteiger partial charge in [0.15, 0.2) is 0 Å². The van der Waals surface area contributed by atoms with Crippen LogP contribution in [0.5, 0.6) is 0 Å². The van der Waals surface area contributed by atoms with Gasteiger partial charge in [0.25, 0.3) is 0 Å². The third kappa shape index (κ3) is 3.27. The molecule has 2 aromatic carbocycles. The molecule has 162 valence electrons. The molecule has 0 atom stereocenters. The van der Waals surface area contributed by atoms with Gasteiger partial charge in [0, 0.05) is 16.9 Å². The van der Waals surface area contributed by atoms with Gasteiger partial charge in [0.2, 0.25) is 0 Å². The van der Waals surface area contributed by atoms with E-state index in [1.54, 1.807) is 6.33 Å². The molecule has 0 aliphatic rings. The Morgan fingerprint density at radius 1 is 0.594 bits per heavy atom. The predicted octanol–water partition coefficient (Wildman–Crippen LogP) is 5.75. The molecule has 5 aromatic rings. The van der Waals surface area contributed by atoms with E-state index in [1.165, 1.54) is 0 Å². The molecule has 32 heavy (non-hydrogen) atoms. The van der Waals surface area contributed by atoms with E-state index in [0.717, 1.165) is 45.4 Å². The van der Waals surface area contributed by atoms with Gasteiger partial charge in [-0.15, -0.1) is 0 Å². The number of fused-ring (bicyclic) bond motifs is 2. The van der Waals surface area contributed by atoms with Gasteiger partial charge in [-0.2, -0.15) is 0 Å². The van der Waals surface area contributed by atoms with Crippen LogP contribution in [-0.4, -0.2) is 29.1 Å². The van der Waals surface area contributed by atoms with Gasteiger partial charge in [-0.3, -0.25) is 9.13 Å². The molecule has 5 rings (SSSR count). The lowest BCUT2D eigenvalue weighted by molar-refractivity contribution is 0.534. The molecule has 0 bridgehead atoms. The van der Waals surface area contributed by atoms with E-state index < -0.39 is 0 Å². The van der Waals surface area contributed by atoms with Crippen LogP contribution in [-0.2, 0) is 10.8 Å². The summed E-state index contributed by atoms with van der Waals surface area (Å²) in [6, 6.07) is 18.4. The lowest BCUT2D eigenvalue weighted by Crippen LogP contribution is -2.20. The molecule has 0 spiro atoms. The molecule has 3 aromatic heterocycles. The summed E-state index contributed by atoms with van der Waals surface area (Å²) in [5.41, 5.74) is 3.69. The SMILES string of the molecule is CC(C)(C)c1nc2ccccc2n1-c1cc(-n2c(C(C)(C)C)nc3ccccc32)ncn1. The zero-order chi connectivity index (χ0) is 22.7. The lowest BCUT2D eigenvalue weighted by Gasteiger charge is -2.21. The zero-order valence-electron chi connectivity index (χ0n) is 19.5. The third-order valence-corrected chi connectivity index (χ3v) is 5.56. The Balaban J connectivity index is 1.79. The first-order chi connectivity index (χ1) is 15.1. The maximum atomic E-state index is 4.94. The van der Waals surface area contributed by atoms with Crippen molar-refractivity contribution >= 4 is 22.1 Å². The highest BCUT2D eigenvalue weighted by Crippen LogP contribution is 2.32. The third-order valence-electron chi connectivity index (χ3n) is 5.56. The first-order valence-electron chi connectivity index (χ1n) is 10.9. The van der Waals surface area contributed by atoms with Crippen molar-refractivity contribution in [3.05, 3.63) is 72.6 Å². The fourth-order valence-corrected chi connectivity index (χ4v) is 4.10. The van der Waals surface area contributed by atoms with E-state index >= 15 is 0 Å². The Bertz CT molecular complexity index is 1340. The Labute approximate surface area is 188 Å². The number of nitrogens with zero attached hydrogens (tertiary/aromatic N) is 6. The Morgan fingerprint density at radius 2 is 1.00 bits per heavy atom. The molecule has 0 N–H and O–H groups in total. The van der Waals surface area contributed by atoms with Crippen LogP contribution in [0.25, 0.3) is 33.7 Å². The number of benzene rings is 2. The summed E-state index contributed by atoms with van der Waals surface area (Å²) in [7, 11) is 0. The molecule has 6 nitrogen and oxygen atoms in total. The fourth-order valence-electron chi connectivity index (χ4n) is 4.10. The second-order valence-corrected chi connectivity index (χ2v) is 10.3. The summed E-state index contributed by atoms with van der Waals surface area (Å²) in [5, 5.41) is 0. The minimum atomic E-state index is -0.150. The number of hydrogen-bond acceptors (Lipinski definition) is 4. The lowest BCUT2D eigenvalue weighted by atomic mass is 9.95. The molecule has 0 saturated carbocycles. The number of aromatic nitrogens is 6. The van der Waals surface area contributed by atoms with E-state index in [4.69, 9.17) is 9.97 Å². The number of para-hydroxylation sites is 4. The zero-order valence-corrected chi connectivity index (χ0v) is 19.5. The van der Waals surface area contributed by atoms with Crippen LogP contribution in [0, 0.1) is 0 Å². The van der Waals surface area contributed by atoms with Gasteiger partial charge >= 0.3 is 0 Å². The predicted molar refractivity (Wildman–Crippen MR) is 129 cm³/mol. The molecule has 0 saturated heterocycles. The topological polar surface area (TPSA) is 61.4 Å². The number of rotatable bonds is 2. The van der Waals surface area contributed by atoms with Crippen molar-refractivity contribution < 1.29 is 0 Å². The van der Waals surface area contributed by atoms with E-state index in [2.05, 4.69) is 72.8 Å². The number of imidazole rings is 2. The van der Waals surface area contributed by atoms with Gasteiger partial charge < -0.3 is 0 Å². The van der Waals surface area contributed by atoms with E-state index in [0.29, 0.717) is 0 Å². The van der Waals surface area contributed by atoms with Gasteiger partial charge in [0.05, 0.1) is 22.1 Å². The van der Waals surface area contributed by atoms with Gasteiger partial charge in [-0.25, -0.2) is 19.9 Å². The molecule has 0 aliphatic heterocycles. The Kier molecular flexibility index (Phi) is 4.45. The first kappa shape index (κ1) is 20.4. The Morgan fingerprint density at radius 3 is 1.41 bits per heavy atom.